The maximum atomic E-state index is 12.9. The van der Waals surface area contributed by atoms with Crippen molar-refractivity contribution < 1.29 is 24.2 Å². The van der Waals surface area contributed by atoms with Gasteiger partial charge in [0.2, 0.25) is 0 Å². The molecule has 7 atom stereocenters. The van der Waals surface area contributed by atoms with E-state index in [9.17, 15) is 14.7 Å². The first kappa shape index (κ1) is 30.6. The van der Waals surface area contributed by atoms with Gasteiger partial charge in [-0.2, -0.15) is 0 Å². The summed E-state index contributed by atoms with van der Waals surface area (Å²) < 4.78 is 11.6. The zero-order chi connectivity index (χ0) is 26.9. The number of ether oxygens (including phenoxy) is 2. The minimum absolute atomic E-state index is 0.0949. The summed E-state index contributed by atoms with van der Waals surface area (Å²) in [5, 5.41) is 9.92. The number of hydrogen-bond donors (Lipinski definition) is 2. The molecule has 0 aromatic rings. The van der Waals surface area contributed by atoms with Crippen LogP contribution in [0.25, 0.3) is 0 Å². The van der Waals surface area contributed by atoms with Crippen molar-refractivity contribution in [2.75, 3.05) is 6.54 Å². The van der Waals surface area contributed by atoms with Crippen LogP contribution in [0.4, 0.5) is 0 Å². The molecule has 206 valence electrons. The lowest BCUT2D eigenvalue weighted by atomic mass is 9.65. The maximum absolute atomic E-state index is 12.9. The van der Waals surface area contributed by atoms with Crippen LogP contribution in [0.15, 0.2) is 23.8 Å². The molecule has 1 saturated heterocycles. The van der Waals surface area contributed by atoms with Gasteiger partial charge in [-0.15, -0.1) is 0 Å². The Morgan fingerprint density at radius 3 is 2.50 bits per heavy atom. The highest BCUT2D eigenvalue weighted by Crippen LogP contribution is 2.45. The standard InChI is InChI=1S/C25H38O5.C5H13N/c1-6-25(4,5)24(28)30-21-12-15(2)11-17-8-7-16(3)20(23(17)21)10-9-19-13-18(26)14-22(27)29-19;1-2-3-4-5-6/h7-8,11,15-16,18-21,23,26H,6,9-10,12-14H2,1-5H3;2-6H2,1H3/t15-,16-,18+,19+,20-,21-,23-;/m0./s1. The van der Waals surface area contributed by atoms with Crippen molar-refractivity contribution in [2.24, 2.45) is 34.8 Å². The van der Waals surface area contributed by atoms with Crippen LogP contribution >= 0.6 is 0 Å². The molecule has 36 heavy (non-hydrogen) atoms. The fraction of sp³-hybridized carbons (Fsp3) is 0.800. The molecular formula is C30H51NO5. The van der Waals surface area contributed by atoms with Gasteiger partial charge >= 0.3 is 11.9 Å². The Morgan fingerprint density at radius 1 is 1.19 bits per heavy atom. The molecule has 0 amide bonds. The molecule has 6 heteroatoms. The van der Waals surface area contributed by atoms with Gasteiger partial charge in [0.05, 0.1) is 17.9 Å². The molecular weight excluding hydrogens is 454 g/mol. The summed E-state index contributed by atoms with van der Waals surface area (Å²) in [6.07, 6.45) is 13.4. The number of aliphatic hydroxyl groups is 1. The van der Waals surface area contributed by atoms with E-state index in [-0.39, 0.29) is 36.5 Å². The predicted octanol–water partition coefficient (Wildman–Crippen LogP) is 5.72. The zero-order valence-electron chi connectivity index (χ0n) is 23.5. The van der Waals surface area contributed by atoms with Crippen molar-refractivity contribution >= 4 is 11.9 Å². The fourth-order valence-corrected chi connectivity index (χ4v) is 5.47. The second-order valence-electron chi connectivity index (χ2n) is 11.7. The lowest BCUT2D eigenvalue weighted by Gasteiger charge is -2.44. The second-order valence-corrected chi connectivity index (χ2v) is 11.7. The van der Waals surface area contributed by atoms with Crippen molar-refractivity contribution in [3.63, 3.8) is 0 Å². The number of rotatable bonds is 9. The van der Waals surface area contributed by atoms with E-state index in [2.05, 4.69) is 39.0 Å². The summed E-state index contributed by atoms with van der Waals surface area (Å²) in [7, 11) is 0. The number of carbonyl (C=O) groups excluding carboxylic acids is 2. The summed E-state index contributed by atoms with van der Waals surface area (Å²) in [5.41, 5.74) is 6.00. The number of nitrogens with two attached hydrogens (primary N) is 1. The van der Waals surface area contributed by atoms with Crippen LogP contribution in [-0.4, -0.2) is 41.9 Å². The lowest BCUT2D eigenvalue weighted by molar-refractivity contribution is -0.166. The molecule has 0 spiro atoms. The molecule has 0 radical (unpaired) electrons. The minimum atomic E-state index is -0.601. The van der Waals surface area contributed by atoms with Gasteiger partial charge < -0.3 is 20.3 Å². The van der Waals surface area contributed by atoms with Gasteiger partial charge in [-0.3, -0.25) is 9.59 Å². The fourth-order valence-electron chi connectivity index (χ4n) is 5.47. The highest BCUT2D eigenvalue weighted by Gasteiger charge is 2.43. The maximum Gasteiger partial charge on any atom is 0.311 e. The number of esters is 2. The molecule has 0 bridgehead atoms. The minimum Gasteiger partial charge on any atom is -0.462 e. The largest absolute Gasteiger partial charge is 0.462 e. The molecule has 6 nitrogen and oxygen atoms in total. The summed E-state index contributed by atoms with van der Waals surface area (Å²) in [5.74, 6) is 0.776. The Balaban J connectivity index is 0.000000678. The molecule has 0 unspecified atom stereocenters. The number of allylic oxidation sites excluding steroid dienone is 3. The van der Waals surface area contributed by atoms with Crippen molar-refractivity contribution in [3.8, 4) is 0 Å². The van der Waals surface area contributed by atoms with Crippen LogP contribution in [0.2, 0.25) is 0 Å². The highest BCUT2D eigenvalue weighted by molar-refractivity contribution is 5.76. The number of fused-ring (bicyclic) bond motifs is 1. The Hall–Kier alpha value is -1.66. The molecule has 0 aromatic heterocycles. The molecule has 1 aliphatic heterocycles. The van der Waals surface area contributed by atoms with E-state index in [0.717, 1.165) is 32.2 Å². The van der Waals surface area contributed by atoms with Crippen LogP contribution in [-0.2, 0) is 19.1 Å². The summed E-state index contributed by atoms with van der Waals surface area (Å²) in [4.78, 5) is 24.6. The average Bonchev–Trinajstić information content (AvgIpc) is 2.82. The van der Waals surface area contributed by atoms with Crippen LogP contribution in [0.1, 0.15) is 99.3 Å². The molecule has 3 aliphatic rings. The molecule has 1 heterocycles. The van der Waals surface area contributed by atoms with Crippen LogP contribution in [0.5, 0.6) is 0 Å². The normalized spacial score (nSPS) is 31.9. The first-order chi connectivity index (χ1) is 17.0. The third-order valence-electron chi connectivity index (χ3n) is 8.16. The van der Waals surface area contributed by atoms with E-state index in [0.29, 0.717) is 24.2 Å². The van der Waals surface area contributed by atoms with Crippen LogP contribution < -0.4 is 5.73 Å². The highest BCUT2D eigenvalue weighted by atomic mass is 16.6. The lowest BCUT2D eigenvalue weighted by Crippen LogP contribution is -2.43. The molecule has 0 aromatic carbocycles. The number of aliphatic hydroxyl groups excluding tert-OH is 1. The first-order valence-corrected chi connectivity index (χ1v) is 14.2. The van der Waals surface area contributed by atoms with Crippen LogP contribution in [0.3, 0.4) is 0 Å². The van der Waals surface area contributed by atoms with Crippen molar-refractivity contribution in [2.45, 2.75) is 118 Å². The monoisotopic (exact) mass is 505 g/mol. The van der Waals surface area contributed by atoms with E-state index in [4.69, 9.17) is 15.2 Å². The van der Waals surface area contributed by atoms with Gasteiger partial charge in [-0.1, -0.05) is 58.8 Å². The number of carbonyl (C=O) groups is 2. The van der Waals surface area contributed by atoms with Gasteiger partial charge in [-0.05, 0) is 75.8 Å². The molecule has 2 aliphatic carbocycles. The van der Waals surface area contributed by atoms with Gasteiger partial charge in [0.25, 0.3) is 0 Å². The number of hydrogen-bond acceptors (Lipinski definition) is 6. The number of unbranched alkanes of at least 4 members (excludes halogenated alkanes) is 2. The van der Waals surface area contributed by atoms with Gasteiger partial charge in [0.15, 0.2) is 0 Å². The third-order valence-corrected chi connectivity index (χ3v) is 8.16. The molecule has 3 N–H and O–H groups in total. The molecule has 1 fully saturated rings. The smallest absolute Gasteiger partial charge is 0.311 e. The molecule has 0 saturated carbocycles. The van der Waals surface area contributed by atoms with E-state index < -0.39 is 11.5 Å². The van der Waals surface area contributed by atoms with Gasteiger partial charge in [-0.25, -0.2) is 0 Å². The third kappa shape index (κ3) is 8.72. The Kier molecular flexibility index (Phi) is 12.2. The first-order valence-electron chi connectivity index (χ1n) is 14.2. The summed E-state index contributed by atoms with van der Waals surface area (Å²) in [6, 6.07) is 0. The Bertz CT molecular complexity index is 769. The zero-order valence-corrected chi connectivity index (χ0v) is 23.5. The van der Waals surface area contributed by atoms with Gasteiger partial charge in [0.1, 0.15) is 12.2 Å². The second kappa shape index (κ2) is 14.3. The van der Waals surface area contributed by atoms with Crippen molar-refractivity contribution in [1.82, 2.24) is 0 Å². The topological polar surface area (TPSA) is 98.8 Å². The number of cyclic esters (lactones) is 1. The van der Waals surface area contributed by atoms with E-state index in [1.165, 1.54) is 24.8 Å². The van der Waals surface area contributed by atoms with E-state index in [1.807, 2.05) is 20.8 Å². The Labute approximate surface area is 219 Å². The average molecular weight is 506 g/mol. The van der Waals surface area contributed by atoms with E-state index >= 15 is 0 Å². The quantitative estimate of drug-likeness (QED) is 0.307. The van der Waals surface area contributed by atoms with Crippen molar-refractivity contribution in [3.05, 3.63) is 23.8 Å². The van der Waals surface area contributed by atoms with Crippen LogP contribution in [0, 0.1) is 29.1 Å². The molecule has 3 rings (SSSR count). The van der Waals surface area contributed by atoms with Crippen molar-refractivity contribution in [1.29, 1.82) is 0 Å². The van der Waals surface area contributed by atoms with Gasteiger partial charge in [0, 0.05) is 12.3 Å². The Morgan fingerprint density at radius 2 is 1.92 bits per heavy atom. The van der Waals surface area contributed by atoms with E-state index in [1.54, 1.807) is 0 Å². The summed E-state index contributed by atoms with van der Waals surface area (Å²) >= 11 is 0. The summed E-state index contributed by atoms with van der Waals surface area (Å²) in [6.45, 7) is 13.3. The SMILES string of the molecule is CCC(C)(C)C(=O)O[C@H]1C[C@@H](C)C=C2C=C[C@H](C)[C@H](CC[C@@H]3C[C@@H](O)CC(=O)O3)[C@H]21.CCCCCN. The predicted molar refractivity (Wildman–Crippen MR) is 144 cm³/mol.